The smallest absolute Gasteiger partial charge is 0.342 e. The molecule has 0 aromatic heterocycles. The van der Waals surface area contributed by atoms with E-state index in [4.69, 9.17) is 9.47 Å². The van der Waals surface area contributed by atoms with Crippen molar-refractivity contribution in [2.24, 2.45) is 0 Å². The van der Waals surface area contributed by atoms with E-state index in [9.17, 15) is 18.4 Å². The van der Waals surface area contributed by atoms with Crippen molar-refractivity contribution < 1.29 is 27.8 Å². The number of anilines is 1. The van der Waals surface area contributed by atoms with Gasteiger partial charge in [0, 0.05) is 10.6 Å². The number of alkyl halides is 2. The summed E-state index contributed by atoms with van der Waals surface area (Å²) in [5.74, 6) is -3.38. The van der Waals surface area contributed by atoms with Crippen LogP contribution in [0.25, 0.3) is 0 Å². The van der Waals surface area contributed by atoms with Crippen molar-refractivity contribution in [1.29, 1.82) is 0 Å². The lowest BCUT2D eigenvalue weighted by Gasteiger charge is -2.15. The molecule has 0 saturated heterocycles. The third-order valence-corrected chi connectivity index (χ3v) is 4.30. The minimum absolute atomic E-state index is 0.227. The summed E-state index contributed by atoms with van der Waals surface area (Å²) in [6.07, 6.45) is -1.06. The van der Waals surface area contributed by atoms with E-state index in [1.807, 2.05) is 6.92 Å². The summed E-state index contributed by atoms with van der Waals surface area (Å²) in [5, 5.41) is 2.57. The fourth-order valence-corrected chi connectivity index (χ4v) is 2.72. The second-order valence-corrected chi connectivity index (χ2v) is 6.71. The molecule has 0 spiro atoms. The topological polar surface area (TPSA) is 64.6 Å². The highest BCUT2D eigenvalue weighted by Crippen LogP contribution is 2.26. The van der Waals surface area contributed by atoms with Crippen LogP contribution < -0.4 is 10.1 Å². The molecule has 0 bridgehead atoms. The number of aryl methyl sites for hydroxylation is 1. The number of hydrogen-bond donors (Lipinski definition) is 1. The summed E-state index contributed by atoms with van der Waals surface area (Å²) in [6, 6.07) is 11.0. The number of ether oxygens (including phenoxy) is 2. The van der Waals surface area contributed by atoms with Gasteiger partial charge in [0.2, 0.25) is 0 Å². The number of rotatable bonds is 7. The third kappa shape index (κ3) is 5.96. The van der Waals surface area contributed by atoms with E-state index in [0.29, 0.717) is 28.1 Å². The first kappa shape index (κ1) is 20.7. The van der Waals surface area contributed by atoms with Crippen molar-refractivity contribution >= 4 is 29.3 Å². The maximum Gasteiger partial charge on any atom is 0.342 e. The number of halogens is 2. The van der Waals surface area contributed by atoms with Gasteiger partial charge in [0.1, 0.15) is 11.3 Å². The highest BCUT2D eigenvalue weighted by molar-refractivity contribution is 7.99. The molecule has 0 unspecified atom stereocenters. The van der Waals surface area contributed by atoms with Crippen LogP contribution in [0.1, 0.15) is 22.8 Å². The van der Waals surface area contributed by atoms with Crippen LogP contribution in [0, 0.1) is 6.92 Å². The molecule has 0 radical (unpaired) electrons. The summed E-state index contributed by atoms with van der Waals surface area (Å²) >= 11 is 0.416. The Morgan fingerprint density at radius 1 is 1.11 bits per heavy atom. The number of hydrogen-bond acceptors (Lipinski definition) is 5. The zero-order valence-corrected chi connectivity index (χ0v) is 15.8. The maximum absolute atomic E-state index is 12.3. The van der Waals surface area contributed by atoms with E-state index in [0.717, 1.165) is 5.56 Å². The van der Waals surface area contributed by atoms with Gasteiger partial charge in [0.25, 0.3) is 11.7 Å². The van der Waals surface area contributed by atoms with Gasteiger partial charge in [0.15, 0.2) is 6.10 Å². The number of methoxy groups -OCH3 is 1. The van der Waals surface area contributed by atoms with E-state index in [-0.39, 0.29) is 5.56 Å². The predicted molar refractivity (Wildman–Crippen MR) is 99.5 cm³/mol. The van der Waals surface area contributed by atoms with Gasteiger partial charge in [-0.25, -0.2) is 4.79 Å². The highest BCUT2D eigenvalue weighted by Gasteiger charge is 2.21. The average molecular weight is 395 g/mol. The normalized spacial score (nSPS) is 11.8. The molecule has 1 atom stereocenters. The summed E-state index contributed by atoms with van der Waals surface area (Å²) in [5.41, 5.74) is 1.49. The second kappa shape index (κ2) is 9.36. The largest absolute Gasteiger partial charge is 0.496 e. The highest BCUT2D eigenvalue weighted by atomic mass is 32.2. The number of benzene rings is 2. The molecule has 0 heterocycles. The van der Waals surface area contributed by atoms with Gasteiger partial charge in [-0.2, -0.15) is 8.78 Å². The fourth-order valence-electron chi connectivity index (χ4n) is 2.22. The Hall–Kier alpha value is -2.61. The molecule has 144 valence electrons. The van der Waals surface area contributed by atoms with Crippen molar-refractivity contribution in [3.8, 4) is 5.75 Å². The molecule has 0 fully saturated rings. The Bertz CT molecular complexity index is 812. The second-order valence-electron chi connectivity index (χ2n) is 5.64. The van der Waals surface area contributed by atoms with Crippen molar-refractivity contribution in [2.45, 2.75) is 30.6 Å². The van der Waals surface area contributed by atoms with Gasteiger partial charge >= 0.3 is 5.97 Å². The van der Waals surface area contributed by atoms with Crippen LogP contribution in [0.2, 0.25) is 0 Å². The third-order valence-electron chi connectivity index (χ3n) is 3.57. The Labute approximate surface area is 160 Å². The van der Waals surface area contributed by atoms with E-state index in [1.165, 1.54) is 38.3 Å². The minimum Gasteiger partial charge on any atom is -0.496 e. The van der Waals surface area contributed by atoms with Crippen molar-refractivity contribution in [3.05, 3.63) is 53.6 Å². The zero-order chi connectivity index (χ0) is 20.0. The number of thioether (sulfide) groups is 1. The van der Waals surface area contributed by atoms with Gasteiger partial charge in [-0.15, -0.1) is 0 Å². The predicted octanol–water partition coefficient (Wildman–Crippen LogP) is 4.50. The Balaban J connectivity index is 1.99. The van der Waals surface area contributed by atoms with Gasteiger partial charge in [0.05, 0.1) is 7.11 Å². The SMILES string of the molecule is COc1ccc(C)cc1C(=O)O[C@H](C)C(=O)Nc1ccc(SC(F)F)cc1. The first-order valence-corrected chi connectivity index (χ1v) is 8.89. The van der Waals surface area contributed by atoms with E-state index < -0.39 is 23.7 Å². The van der Waals surface area contributed by atoms with Crippen LogP contribution >= 0.6 is 11.8 Å². The van der Waals surface area contributed by atoms with Crippen LogP contribution in [0.15, 0.2) is 47.4 Å². The van der Waals surface area contributed by atoms with Crippen LogP contribution in [0.3, 0.4) is 0 Å². The molecule has 2 aromatic rings. The molecule has 1 amide bonds. The number of amides is 1. The molecular weight excluding hydrogens is 376 g/mol. The van der Waals surface area contributed by atoms with Crippen LogP contribution in [0.5, 0.6) is 5.75 Å². The molecule has 1 N–H and O–H groups in total. The summed E-state index contributed by atoms with van der Waals surface area (Å²) < 4.78 is 35.0. The first-order valence-electron chi connectivity index (χ1n) is 8.01. The molecule has 0 aliphatic rings. The Morgan fingerprint density at radius 3 is 2.37 bits per heavy atom. The Morgan fingerprint density at radius 2 is 1.78 bits per heavy atom. The first-order chi connectivity index (χ1) is 12.8. The standard InChI is InChI=1S/C19H19F2NO4S/c1-11-4-9-16(25-3)15(10-11)18(24)26-12(2)17(23)22-13-5-7-14(8-6-13)27-19(20)21/h4-10,12,19H,1-3H3,(H,22,23)/t12-/m1/s1. The van der Waals surface area contributed by atoms with Gasteiger partial charge < -0.3 is 14.8 Å². The quantitative estimate of drug-likeness (QED) is 0.552. The fraction of sp³-hybridized carbons (Fsp3) is 0.263. The molecule has 5 nitrogen and oxygen atoms in total. The van der Waals surface area contributed by atoms with Gasteiger partial charge in [-0.05, 0) is 50.2 Å². The van der Waals surface area contributed by atoms with Crippen molar-refractivity contribution in [2.75, 3.05) is 12.4 Å². The molecular formula is C19H19F2NO4S. The zero-order valence-electron chi connectivity index (χ0n) is 15.0. The average Bonchev–Trinajstić information content (AvgIpc) is 2.62. The van der Waals surface area contributed by atoms with Crippen LogP contribution in [0.4, 0.5) is 14.5 Å². The number of carbonyl (C=O) groups is 2. The molecule has 0 aliphatic carbocycles. The summed E-state index contributed by atoms with van der Waals surface area (Å²) in [6.45, 7) is 3.26. The Kier molecular flexibility index (Phi) is 7.18. The molecule has 8 heteroatoms. The number of carbonyl (C=O) groups excluding carboxylic acids is 2. The molecule has 0 saturated carbocycles. The van der Waals surface area contributed by atoms with Crippen molar-refractivity contribution in [3.63, 3.8) is 0 Å². The molecule has 2 rings (SSSR count). The number of esters is 1. The lowest BCUT2D eigenvalue weighted by Crippen LogP contribution is -2.30. The number of nitrogens with one attached hydrogen (secondary N) is 1. The maximum atomic E-state index is 12.3. The minimum atomic E-state index is -2.51. The van der Waals surface area contributed by atoms with E-state index >= 15 is 0 Å². The monoisotopic (exact) mass is 395 g/mol. The van der Waals surface area contributed by atoms with Crippen LogP contribution in [-0.4, -0.2) is 30.8 Å². The van der Waals surface area contributed by atoms with Gasteiger partial charge in [-0.3, -0.25) is 4.79 Å². The molecule has 0 aliphatic heterocycles. The lowest BCUT2D eigenvalue weighted by atomic mass is 10.1. The van der Waals surface area contributed by atoms with E-state index in [1.54, 1.807) is 18.2 Å². The van der Waals surface area contributed by atoms with Gasteiger partial charge in [-0.1, -0.05) is 23.4 Å². The van der Waals surface area contributed by atoms with E-state index in [2.05, 4.69) is 5.32 Å². The van der Waals surface area contributed by atoms with Crippen LogP contribution in [-0.2, 0) is 9.53 Å². The summed E-state index contributed by atoms with van der Waals surface area (Å²) in [7, 11) is 1.44. The molecule has 27 heavy (non-hydrogen) atoms. The lowest BCUT2D eigenvalue weighted by molar-refractivity contribution is -0.123. The molecule has 2 aromatic carbocycles. The van der Waals surface area contributed by atoms with Crippen molar-refractivity contribution in [1.82, 2.24) is 0 Å². The summed E-state index contributed by atoms with van der Waals surface area (Å²) in [4.78, 5) is 24.9.